The number of benzene rings is 1. The van der Waals surface area contributed by atoms with Crippen LogP contribution in [0.25, 0.3) is 11.0 Å². The number of carboxylic acids is 1. The second-order valence-corrected chi connectivity index (χ2v) is 5.56. The third-order valence-corrected chi connectivity index (χ3v) is 4.09. The number of halogens is 1. The lowest BCUT2D eigenvalue weighted by molar-refractivity contribution is -0.136. The van der Waals surface area contributed by atoms with Crippen molar-refractivity contribution in [3.8, 4) is 5.75 Å². The summed E-state index contributed by atoms with van der Waals surface area (Å²) in [5.74, 6) is -1.13. The average Bonchev–Trinajstić information content (AvgIpc) is 2.81. The number of carboxylic acid groups (broad SMARTS) is 1. The van der Waals surface area contributed by atoms with Gasteiger partial charge in [-0.15, -0.1) is 0 Å². The number of methoxy groups -OCH3 is 1. The summed E-state index contributed by atoms with van der Waals surface area (Å²) in [5.41, 5.74) is 3.00. The van der Waals surface area contributed by atoms with Crippen LogP contribution in [0, 0.1) is 12.7 Å². The molecule has 0 aliphatic rings. The minimum Gasteiger partial charge on any atom is -0.494 e. The highest BCUT2D eigenvalue weighted by molar-refractivity contribution is 5.86. The number of hydrogen-bond acceptors (Lipinski definition) is 3. The number of hydrogen-bond donors (Lipinski definition) is 1. The molecule has 0 aliphatic heterocycles. The van der Waals surface area contributed by atoms with Gasteiger partial charge in [-0.1, -0.05) is 6.07 Å². The van der Waals surface area contributed by atoms with Crippen LogP contribution in [0.3, 0.4) is 0 Å². The Labute approximate surface area is 138 Å². The highest BCUT2D eigenvalue weighted by atomic mass is 19.1. The molecule has 0 amide bonds. The second-order valence-electron chi connectivity index (χ2n) is 5.56. The van der Waals surface area contributed by atoms with Gasteiger partial charge in [-0.05, 0) is 42.3 Å². The van der Waals surface area contributed by atoms with E-state index in [1.54, 1.807) is 24.4 Å². The normalized spacial score (nSPS) is 11.0. The van der Waals surface area contributed by atoms with Crippen LogP contribution in [0.15, 0.2) is 36.5 Å². The van der Waals surface area contributed by atoms with Gasteiger partial charge in [0.2, 0.25) is 0 Å². The number of ether oxygens (including phenoxy) is 1. The predicted molar refractivity (Wildman–Crippen MR) is 87.9 cm³/mol. The molecular formula is C18H17FN2O3. The highest BCUT2D eigenvalue weighted by Gasteiger charge is 2.17. The van der Waals surface area contributed by atoms with Gasteiger partial charge < -0.3 is 14.4 Å². The Morgan fingerprint density at radius 1 is 1.38 bits per heavy atom. The first-order valence-corrected chi connectivity index (χ1v) is 7.48. The fraction of sp³-hybridized carbons (Fsp3) is 0.222. The molecule has 0 unspecified atom stereocenters. The first-order chi connectivity index (χ1) is 11.5. The largest absolute Gasteiger partial charge is 0.494 e. The molecule has 3 aromatic rings. The molecule has 3 rings (SSSR count). The van der Waals surface area contributed by atoms with Crippen molar-refractivity contribution in [3.05, 3.63) is 59.2 Å². The van der Waals surface area contributed by atoms with Gasteiger partial charge in [0.05, 0.1) is 13.5 Å². The number of aliphatic carboxylic acids is 1. The van der Waals surface area contributed by atoms with Crippen molar-refractivity contribution in [1.29, 1.82) is 0 Å². The summed E-state index contributed by atoms with van der Waals surface area (Å²) in [5, 5.41) is 9.96. The molecule has 0 atom stereocenters. The monoisotopic (exact) mass is 328 g/mol. The number of pyridine rings is 1. The Morgan fingerprint density at radius 2 is 2.17 bits per heavy atom. The number of fused-ring (bicyclic) bond motifs is 1. The van der Waals surface area contributed by atoms with Gasteiger partial charge in [-0.3, -0.25) is 4.79 Å². The standard InChI is InChI=1S/C18H17FN2O3/c1-11-14(9-17(22)23)13-4-3-7-20-18(13)21(11)10-12-5-6-16(24-2)15(19)8-12/h3-8H,9-10H2,1-2H3,(H,22,23). The van der Waals surface area contributed by atoms with Crippen LogP contribution >= 0.6 is 0 Å². The molecule has 0 saturated carbocycles. The molecule has 5 nitrogen and oxygen atoms in total. The van der Waals surface area contributed by atoms with E-state index in [2.05, 4.69) is 4.98 Å². The van der Waals surface area contributed by atoms with E-state index in [1.165, 1.54) is 13.2 Å². The summed E-state index contributed by atoms with van der Waals surface area (Å²) < 4.78 is 20.8. The van der Waals surface area contributed by atoms with Crippen LogP contribution < -0.4 is 4.74 Å². The average molecular weight is 328 g/mol. The molecular weight excluding hydrogens is 311 g/mol. The van der Waals surface area contributed by atoms with Gasteiger partial charge in [-0.2, -0.15) is 0 Å². The smallest absolute Gasteiger partial charge is 0.307 e. The zero-order valence-corrected chi connectivity index (χ0v) is 13.4. The SMILES string of the molecule is COc1ccc(Cn2c(C)c(CC(=O)O)c3cccnc32)cc1F. The van der Waals surface area contributed by atoms with Gasteiger partial charge in [0.1, 0.15) is 5.65 Å². The Kier molecular flexibility index (Phi) is 4.20. The third-order valence-electron chi connectivity index (χ3n) is 4.09. The second kappa shape index (κ2) is 6.31. The van der Waals surface area contributed by atoms with Crippen molar-refractivity contribution in [2.45, 2.75) is 19.9 Å². The molecule has 0 saturated heterocycles. The molecule has 0 fully saturated rings. The van der Waals surface area contributed by atoms with Crippen LogP contribution in [0.1, 0.15) is 16.8 Å². The van der Waals surface area contributed by atoms with Crippen LogP contribution in [-0.2, 0) is 17.8 Å². The van der Waals surface area contributed by atoms with E-state index in [-0.39, 0.29) is 12.2 Å². The van der Waals surface area contributed by atoms with Gasteiger partial charge >= 0.3 is 5.97 Å². The summed E-state index contributed by atoms with van der Waals surface area (Å²) in [6.45, 7) is 2.26. The topological polar surface area (TPSA) is 64.3 Å². The van der Waals surface area contributed by atoms with Crippen LogP contribution in [-0.4, -0.2) is 27.7 Å². The van der Waals surface area contributed by atoms with Crippen LogP contribution in [0.2, 0.25) is 0 Å². The Hall–Kier alpha value is -2.89. The van der Waals surface area contributed by atoms with Crippen LogP contribution in [0.5, 0.6) is 5.75 Å². The summed E-state index contributed by atoms with van der Waals surface area (Å²) in [7, 11) is 1.42. The number of nitrogens with zero attached hydrogens (tertiary/aromatic N) is 2. The molecule has 2 aromatic heterocycles. The van der Waals surface area contributed by atoms with Crippen molar-refractivity contribution in [3.63, 3.8) is 0 Å². The Morgan fingerprint density at radius 3 is 2.83 bits per heavy atom. The molecule has 6 heteroatoms. The van der Waals surface area contributed by atoms with Crippen molar-refractivity contribution in [2.24, 2.45) is 0 Å². The zero-order valence-electron chi connectivity index (χ0n) is 13.4. The van der Waals surface area contributed by atoms with E-state index in [1.807, 2.05) is 17.6 Å². The summed E-state index contributed by atoms with van der Waals surface area (Å²) in [6, 6.07) is 8.43. The molecule has 0 aliphatic carbocycles. The van der Waals surface area contributed by atoms with Crippen molar-refractivity contribution in [1.82, 2.24) is 9.55 Å². The fourth-order valence-electron chi connectivity index (χ4n) is 2.92. The lowest BCUT2D eigenvalue weighted by Gasteiger charge is -2.10. The number of aromatic nitrogens is 2. The molecule has 0 bridgehead atoms. The fourth-order valence-corrected chi connectivity index (χ4v) is 2.92. The first kappa shape index (κ1) is 16.0. The van der Waals surface area contributed by atoms with E-state index < -0.39 is 11.8 Å². The molecule has 1 N–H and O–H groups in total. The van der Waals surface area contributed by atoms with E-state index in [9.17, 15) is 9.18 Å². The zero-order chi connectivity index (χ0) is 17.3. The van der Waals surface area contributed by atoms with E-state index in [4.69, 9.17) is 9.84 Å². The third kappa shape index (κ3) is 2.82. The number of carbonyl (C=O) groups is 1. The van der Waals surface area contributed by atoms with Gasteiger partial charge in [-0.25, -0.2) is 9.37 Å². The lowest BCUT2D eigenvalue weighted by Crippen LogP contribution is -2.05. The van der Waals surface area contributed by atoms with Gasteiger partial charge in [0.25, 0.3) is 0 Å². The summed E-state index contributed by atoms with van der Waals surface area (Å²) in [4.78, 5) is 15.5. The Balaban J connectivity index is 2.08. The molecule has 0 radical (unpaired) electrons. The van der Waals surface area contributed by atoms with E-state index in [0.29, 0.717) is 12.2 Å². The first-order valence-electron chi connectivity index (χ1n) is 7.48. The lowest BCUT2D eigenvalue weighted by atomic mass is 10.1. The highest BCUT2D eigenvalue weighted by Crippen LogP contribution is 2.26. The molecule has 1 aromatic carbocycles. The Bertz CT molecular complexity index is 918. The molecule has 0 spiro atoms. The number of rotatable bonds is 5. The molecule has 24 heavy (non-hydrogen) atoms. The predicted octanol–water partition coefficient (Wildman–Crippen LogP) is 3.17. The van der Waals surface area contributed by atoms with Crippen molar-refractivity contribution >= 4 is 17.0 Å². The van der Waals surface area contributed by atoms with Gasteiger partial charge in [0.15, 0.2) is 11.6 Å². The maximum absolute atomic E-state index is 13.9. The minimum absolute atomic E-state index is 0.0714. The van der Waals surface area contributed by atoms with E-state index >= 15 is 0 Å². The maximum atomic E-state index is 13.9. The van der Waals surface area contributed by atoms with Crippen LogP contribution in [0.4, 0.5) is 4.39 Å². The van der Waals surface area contributed by atoms with Gasteiger partial charge in [0, 0.05) is 23.8 Å². The quantitative estimate of drug-likeness (QED) is 0.781. The van der Waals surface area contributed by atoms with Crippen molar-refractivity contribution < 1.29 is 19.0 Å². The minimum atomic E-state index is -0.892. The summed E-state index contributed by atoms with van der Waals surface area (Å²) in [6.07, 6.45) is 1.59. The molecule has 2 heterocycles. The summed E-state index contributed by atoms with van der Waals surface area (Å²) >= 11 is 0. The van der Waals surface area contributed by atoms with Crippen molar-refractivity contribution in [2.75, 3.05) is 7.11 Å². The molecule has 124 valence electrons. The maximum Gasteiger partial charge on any atom is 0.307 e. The van der Waals surface area contributed by atoms with E-state index in [0.717, 1.165) is 22.2 Å².